The summed E-state index contributed by atoms with van der Waals surface area (Å²) in [5.74, 6) is 9.90. The van der Waals surface area contributed by atoms with Crippen LogP contribution >= 0.6 is 0 Å². The van der Waals surface area contributed by atoms with Gasteiger partial charge in [-0.1, -0.05) is 80.9 Å². The summed E-state index contributed by atoms with van der Waals surface area (Å²) in [7, 11) is 0. The molecule has 1 unspecified atom stereocenters. The Bertz CT molecular complexity index is 1520. The monoisotopic (exact) mass is 881 g/mol. The summed E-state index contributed by atoms with van der Waals surface area (Å²) in [4.78, 5) is 0. The van der Waals surface area contributed by atoms with Crippen molar-refractivity contribution in [3.8, 4) is 0 Å². The van der Waals surface area contributed by atoms with Gasteiger partial charge in [-0.2, -0.15) is 0 Å². The van der Waals surface area contributed by atoms with E-state index in [1.165, 1.54) is 96.3 Å². The van der Waals surface area contributed by atoms with Crippen molar-refractivity contribution < 1.29 is 25.5 Å². The molecule has 0 saturated heterocycles. The van der Waals surface area contributed by atoms with Crippen LogP contribution in [-0.2, 0) is 0 Å². The van der Waals surface area contributed by atoms with Crippen molar-refractivity contribution in [2.45, 2.75) is 248 Å². The van der Waals surface area contributed by atoms with Crippen LogP contribution in [0.4, 0.5) is 0 Å². The van der Waals surface area contributed by atoms with Gasteiger partial charge in [-0.25, -0.2) is 0 Å². The quantitative estimate of drug-likeness (QED) is 0.141. The zero-order chi connectivity index (χ0) is 46.5. The standard InChI is InChI=1S/C28H50O2.C28H48O2.C2H6O/c2*1-18(2)25(29)12-7-19(3)22-10-11-23-21-9-8-20-17-26(4,30)15-16-27(20,5)24(21)13-14-28(22,23)6;1-2-3/h18-25,29-30H,7-17H2,1-6H3;8,18-19,21-25,29-30H,7,9-17H2,1-6H3;3H,2H2,1H3/t19-,20?,21+,22-,23+,24+,25-,26+,27+,28-;19-,21+,22-,23+,24+,25-,26+,27+,28-;/m11./s1. The lowest BCUT2D eigenvalue weighted by Gasteiger charge is -2.62. The van der Waals surface area contributed by atoms with Gasteiger partial charge in [0.05, 0.1) is 23.4 Å². The van der Waals surface area contributed by atoms with Gasteiger partial charge in [-0.15, -0.1) is 0 Å². The second-order valence-corrected chi connectivity index (χ2v) is 26.8. The largest absolute Gasteiger partial charge is 0.397 e. The first-order chi connectivity index (χ1) is 29.4. The number of rotatable bonds is 10. The van der Waals surface area contributed by atoms with E-state index in [9.17, 15) is 20.4 Å². The maximum atomic E-state index is 10.7. The molecule has 0 aliphatic heterocycles. The first kappa shape index (κ1) is 51.9. The van der Waals surface area contributed by atoms with Crippen LogP contribution in [0.5, 0.6) is 0 Å². The fraction of sp³-hybridized carbons (Fsp3) is 0.966. The molecule has 0 amide bonds. The minimum Gasteiger partial charge on any atom is -0.397 e. The second kappa shape index (κ2) is 19.9. The average Bonchev–Trinajstić information content (AvgIpc) is 3.76. The maximum absolute atomic E-state index is 10.7. The molecule has 8 aliphatic rings. The minimum atomic E-state index is -0.490. The Hall–Kier alpha value is -0.460. The van der Waals surface area contributed by atoms with Gasteiger partial charge in [0.25, 0.3) is 0 Å². The fourth-order valence-electron chi connectivity index (χ4n) is 18.1. The highest BCUT2D eigenvalue weighted by atomic mass is 16.3. The topological polar surface area (TPSA) is 101 Å². The Morgan fingerprint density at radius 3 is 1.54 bits per heavy atom. The predicted molar refractivity (Wildman–Crippen MR) is 263 cm³/mol. The first-order valence-electron chi connectivity index (χ1n) is 27.5. The molecule has 19 atom stereocenters. The van der Waals surface area contributed by atoms with Gasteiger partial charge in [0.1, 0.15) is 0 Å². The zero-order valence-corrected chi connectivity index (χ0v) is 43.5. The molecule has 5 N–H and O–H groups in total. The van der Waals surface area contributed by atoms with Gasteiger partial charge < -0.3 is 25.5 Å². The van der Waals surface area contributed by atoms with E-state index in [-0.39, 0.29) is 18.8 Å². The van der Waals surface area contributed by atoms with Gasteiger partial charge in [-0.3, -0.25) is 0 Å². The van der Waals surface area contributed by atoms with Gasteiger partial charge in [0, 0.05) is 6.61 Å². The summed E-state index contributed by atoms with van der Waals surface area (Å²) in [5, 5.41) is 49.6. The van der Waals surface area contributed by atoms with Crippen LogP contribution in [0, 0.1) is 98.6 Å². The van der Waals surface area contributed by atoms with Crippen molar-refractivity contribution in [3.05, 3.63) is 11.6 Å². The Labute approximate surface area is 389 Å². The molecule has 8 rings (SSSR count). The third-order valence-corrected chi connectivity index (χ3v) is 22.2. The smallest absolute Gasteiger partial charge is 0.0657 e. The molecule has 0 aromatic heterocycles. The summed E-state index contributed by atoms with van der Waals surface area (Å²) in [6.07, 6.45) is 28.2. The number of fused-ring (bicyclic) bond motifs is 10. The molecule has 7 fully saturated rings. The lowest BCUT2D eigenvalue weighted by atomic mass is 9.43. The van der Waals surface area contributed by atoms with Crippen molar-refractivity contribution in [2.75, 3.05) is 6.61 Å². The molecule has 63 heavy (non-hydrogen) atoms. The molecule has 0 spiro atoms. The Morgan fingerprint density at radius 1 is 0.540 bits per heavy atom. The van der Waals surface area contributed by atoms with Crippen molar-refractivity contribution in [1.82, 2.24) is 0 Å². The number of hydrogen-bond donors (Lipinski definition) is 5. The van der Waals surface area contributed by atoms with E-state index in [2.05, 4.69) is 82.2 Å². The van der Waals surface area contributed by atoms with Crippen LogP contribution < -0.4 is 0 Å². The van der Waals surface area contributed by atoms with E-state index in [4.69, 9.17) is 5.11 Å². The fourth-order valence-corrected chi connectivity index (χ4v) is 18.1. The summed E-state index contributed by atoms with van der Waals surface area (Å²) in [6.45, 7) is 30.0. The van der Waals surface area contributed by atoms with Crippen molar-refractivity contribution in [1.29, 1.82) is 0 Å². The maximum Gasteiger partial charge on any atom is 0.0657 e. The first-order valence-corrected chi connectivity index (χ1v) is 27.5. The van der Waals surface area contributed by atoms with E-state index in [0.29, 0.717) is 33.5 Å². The van der Waals surface area contributed by atoms with Crippen molar-refractivity contribution in [2.24, 2.45) is 98.6 Å². The molecule has 0 heterocycles. The molecular formula is C58H104O5. The SMILES string of the molecule is CC(C)[C@H](O)CC[C@@H](C)[C@H]1CC[C@H]2[C@@H]3CC=C4C[C@@](C)(O)CC[C@]4(C)[C@H]3CC[C@]12C.CC(C)[C@H](O)CC[C@@H](C)[C@H]1CC[C@H]2[C@@H]3CCC4C[C@@](C)(O)CC[C@]4(C)[C@H]3CC[C@]12C.CCO. The van der Waals surface area contributed by atoms with E-state index in [0.717, 1.165) is 104 Å². The third kappa shape index (κ3) is 10.3. The lowest BCUT2D eigenvalue weighted by molar-refractivity contribution is -0.148. The molecule has 8 aliphatic carbocycles. The Kier molecular flexibility index (Phi) is 16.4. The Balaban J connectivity index is 0.000000198. The van der Waals surface area contributed by atoms with Crippen LogP contribution in [0.3, 0.4) is 0 Å². The predicted octanol–water partition coefficient (Wildman–Crippen LogP) is 13.6. The molecule has 5 heteroatoms. The van der Waals surface area contributed by atoms with Gasteiger partial charge >= 0.3 is 0 Å². The number of allylic oxidation sites excluding steroid dienone is 1. The van der Waals surface area contributed by atoms with E-state index in [1.807, 2.05) is 6.92 Å². The molecular weight excluding hydrogens is 777 g/mol. The lowest BCUT2D eigenvalue weighted by Crippen LogP contribution is -2.55. The molecule has 0 bridgehead atoms. The van der Waals surface area contributed by atoms with Crippen molar-refractivity contribution >= 4 is 0 Å². The zero-order valence-electron chi connectivity index (χ0n) is 43.5. The number of hydrogen-bond acceptors (Lipinski definition) is 5. The molecule has 0 aromatic rings. The second-order valence-electron chi connectivity index (χ2n) is 26.8. The van der Waals surface area contributed by atoms with Gasteiger partial charge in [-0.05, 0) is 254 Å². The number of aliphatic hydroxyl groups is 5. The summed E-state index contributed by atoms with van der Waals surface area (Å²) >= 11 is 0. The van der Waals surface area contributed by atoms with Crippen LogP contribution in [0.25, 0.3) is 0 Å². The summed E-state index contributed by atoms with van der Waals surface area (Å²) < 4.78 is 0. The van der Waals surface area contributed by atoms with E-state index < -0.39 is 11.2 Å². The van der Waals surface area contributed by atoms with Gasteiger partial charge in [0.15, 0.2) is 0 Å². The Morgan fingerprint density at radius 2 is 1.02 bits per heavy atom. The van der Waals surface area contributed by atoms with Crippen LogP contribution in [-0.4, -0.2) is 55.5 Å². The van der Waals surface area contributed by atoms with Gasteiger partial charge in [0.2, 0.25) is 0 Å². The molecule has 7 saturated carbocycles. The summed E-state index contributed by atoms with van der Waals surface area (Å²) in [5.41, 5.74) is 2.48. The molecule has 366 valence electrons. The number of aliphatic hydroxyl groups excluding tert-OH is 3. The van der Waals surface area contributed by atoms with E-state index in [1.54, 1.807) is 12.5 Å². The van der Waals surface area contributed by atoms with Crippen LogP contribution in [0.15, 0.2) is 11.6 Å². The van der Waals surface area contributed by atoms with Crippen LogP contribution in [0.2, 0.25) is 0 Å². The normalized spacial score (nSPS) is 47.1. The van der Waals surface area contributed by atoms with Crippen molar-refractivity contribution in [3.63, 3.8) is 0 Å². The molecule has 0 radical (unpaired) electrons. The highest BCUT2D eigenvalue weighted by Crippen LogP contribution is 2.70. The highest BCUT2D eigenvalue weighted by Gasteiger charge is 2.62. The third-order valence-electron chi connectivity index (χ3n) is 22.2. The molecule has 5 nitrogen and oxygen atoms in total. The average molecular weight is 881 g/mol. The van der Waals surface area contributed by atoms with E-state index >= 15 is 0 Å². The highest BCUT2D eigenvalue weighted by molar-refractivity contribution is 5.27. The summed E-state index contributed by atoms with van der Waals surface area (Å²) in [6, 6.07) is 0. The minimum absolute atomic E-state index is 0.132. The van der Waals surface area contributed by atoms with Crippen LogP contribution in [0.1, 0.15) is 225 Å². The molecule has 0 aromatic carbocycles.